The van der Waals surface area contributed by atoms with Gasteiger partial charge in [0.25, 0.3) is 11.8 Å². The van der Waals surface area contributed by atoms with E-state index in [9.17, 15) is 14.0 Å². The van der Waals surface area contributed by atoms with Gasteiger partial charge in [-0.25, -0.2) is 9.29 Å². The average molecular weight is 436 g/mol. The summed E-state index contributed by atoms with van der Waals surface area (Å²) in [6, 6.07) is 24.7. The van der Waals surface area contributed by atoms with Crippen LogP contribution < -0.4 is 10.2 Å². The molecular weight excluding hydrogens is 415 g/mol. The third-order valence-electron chi connectivity index (χ3n) is 5.87. The predicted octanol–water partition coefficient (Wildman–Crippen LogP) is 5.99. The third-order valence-corrected chi connectivity index (χ3v) is 5.87. The first-order chi connectivity index (χ1) is 15.9. The second-order valence-electron chi connectivity index (χ2n) is 8.14. The van der Waals surface area contributed by atoms with Gasteiger partial charge in [-0.15, -0.1) is 0 Å². The molecule has 0 saturated carbocycles. The summed E-state index contributed by atoms with van der Waals surface area (Å²) in [5.41, 5.74) is 4.20. The van der Waals surface area contributed by atoms with Crippen LogP contribution in [0.3, 0.4) is 0 Å². The molecule has 0 unspecified atom stereocenters. The maximum absolute atomic E-state index is 13.6. The van der Waals surface area contributed by atoms with Crippen LogP contribution in [0.25, 0.3) is 16.3 Å². The van der Waals surface area contributed by atoms with Crippen LogP contribution in [0.2, 0.25) is 0 Å². The summed E-state index contributed by atoms with van der Waals surface area (Å²) in [6.45, 7) is 3.90. The van der Waals surface area contributed by atoms with Crippen molar-refractivity contribution >= 4 is 39.5 Å². The molecular formula is C28H21FN2O2. The van der Waals surface area contributed by atoms with Crippen molar-refractivity contribution in [3.8, 4) is 0 Å². The molecule has 162 valence electrons. The highest BCUT2D eigenvalue weighted by Gasteiger charge is 2.40. The van der Waals surface area contributed by atoms with Gasteiger partial charge in [0, 0.05) is 11.1 Å². The molecule has 4 nitrogen and oxygen atoms in total. The van der Waals surface area contributed by atoms with Gasteiger partial charge in [-0.2, -0.15) is 0 Å². The summed E-state index contributed by atoms with van der Waals surface area (Å²) in [5, 5.41) is 5.21. The van der Waals surface area contributed by atoms with Crippen molar-refractivity contribution in [2.24, 2.45) is 0 Å². The fraction of sp³-hybridized carbons (Fsp3) is 0.0714. The third kappa shape index (κ3) is 3.57. The van der Waals surface area contributed by atoms with E-state index in [0.717, 1.165) is 32.5 Å². The van der Waals surface area contributed by atoms with E-state index >= 15 is 0 Å². The Kier molecular flexibility index (Phi) is 5.02. The number of halogens is 1. The van der Waals surface area contributed by atoms with E-state index in [1.165, 1.54) is 24.3 Å². The summed E-state index contributed by atoms with van der Waals surface area (Å²) in [5.74, 6) is -1.36. The van der Waals surface area contributed by atoms with Crippen molar-refractivity contribution in [3.63, 3.8) is 0 Å². The van der Waals surface area contributed by atoms with Crippen LogP contribution in [0.1, 0.15) is 16.7 Å². The van der Waals surface area contributed by atoms with Gasteiger partial charge in [0.15, 0.2) is 0 Å². The van der Waals surface area contributed by atoms with Crippen molar-refractivity contribution < 1.29 is 14.0 Å². The number of benzene rings is 4. The van der Waals surface area contributed by atoms with Gasteiger partial charge in [-0.1, -0.05) is 60.2 Å². The SMILES string of the molecule is Cc1ccc(C2=C(Nc3cccc4ccccc34)C(=O)N(c3ccc(F)cc3)C2=O)c(C)c1. The molecule has 0 atom stereocenters. The highest BCUT2D eigenvalue weighted by molar-refractivity contribution is 6.46. The summed E-state index contributed by atoms with van der Waals surface area (Å²) in [6.07, 6.45) is 0. The molecule has 0 saturated heterocycles. The van der Waals surface area contributed by atoms with Gasteiger partial charge in [-0.3, -0.25) is 9.59 Å². The first-order valence-electron chi connectivity index (χ1n) is 10.6. The Balaban J connectivity index is 1.68. The number of carbonyl (C=O) groups excluding carboxylic acids is 2. The normalized spacial score (nSPS) is 13.8. The summed E-state index contributed by atoms with van der Waals surface area (Å²) in [4.78, 5) is 28.3. The van der Waals surface area contributed by atoms with Gasteiger partial charge in [-0.05, 0) is 60.7 Å². The number of aryl methyl sites for hydroxylation is 2. The Morgan fingerprint density at radius 2 is 1.52 bits per heavy atom. The van der Waals surface area contributed by atoms with E-state index in [1.807, 2.05) is 74.5 Å². The highest BCUT2D eigenvalue weighted by atomic mass is 19.1. The molecule has 0 bridgehead atoms. The smallest absolute Gasteiger partial charge is 0.282 e. The van der Waals surface area contributed by atoms with Crippen LogP contribution in [0.5, 0.6) is 0 Å². The standard InChI is InChI=1S/C28H21FN2O2/c1-17-10-15-22(18(2)16-17)25-26(30-24-9-5-7-19-6-3-4-8-23(19)24)28(33)31(27(25)32)21-13-11-20(29)12-14-21/h3-16,30H,1-2H3. The molecule has 1 heterocycles. The molecule has 0 aliphatic carbocycles. The zero-order valence-corrected chi connectivity index (χ0v) is 18.2. The Labute approximate surface area is 191 Å². The molecule has 4 aromatic rings. The van der Waals surface area contributed by atoms with E-state index in [0.29, 0.717) is 16.8 Å². The number of amides is 2. The molecule has 1 N–H and O–H groups in total. The molecule has 4 aromatic carbocycles. The molecule has 0 aromatic heterocycles. The van der Waals surface area contributed by atoms with E-state index in [4.69, 9.17) is 0 Å². The fourth-order valence-electron chi connectivity index (χ4n) is 4.28. The monoisotopic (exact) mass is 436 g/mol. The molecule has 33 heavy (non-hydrogen) atoms. The summed E-state index contributed by atoms with van der Waals surface area (Å²) in [7, 11) is 0. The van der Waals surface area contributed by atoms with Gasteiger partial charge in [0.1, 0.15) is 11.5 Å². The van der Waals surface area contributed by atoms with Gasteiger partial charge in [0.2, 0.25) is 0 Å². The Morgan fingerprint density at radius 1 is 0.788 bits per heavy atom. The van der Waals surface area contributed by atoms with Gasteiger partial charge in [0.05, 0.1) is 11.3 Å². The minimum Gasteiger partial charge on any atom is -0.350 e. The molecule has 0 spiro atoms. The molecule has 2 amide bonds. The quantitative estimate of drug-likeness (QED) is 0.400. The fourth-order valence-corrected chi connectivity index (χ4v) is 4.28. The predicted molar refractivity (Wildman–Crippen MR) is 129 cm³/mol. The van der Waals surface area contributed by atoms with E-state index < -0.39 is 17.6 Å². The van der Waals surface area contributed by atoms with E-state index in [2.05, 4.69) is 5.32 Å². The molecule has 0 radical (unpaired) electrons. The topological polar surface area (TPSA) is 49.4 Å². The van der Waals surface area contributed by atoms with Gasteiger partial charge >= 0.3 is 0 Å². The lowest BCUT2D eigenvalue weighted by Crippen LogP contribution is -2.32. The average Bonchev–Trinajstić information content (AvgIpc) is 3.04. The van der Waals surface area contributed by atoms with Crippen LogP contribution in [-0.4, -0.2) is 11.8 Å². The second kappa shape index (κ2) is 8.02. The molecule has 1 aliphatic rings. The number of carbonyl (C=O) groups is 2. The number of hydrogen-bond acceptors (Lipinski definition) is 3. The second-order valence-corrected chi connectivity index (χ2v) is 8.14. The van der Waals surface area contributed by atoms with Crippen molar-refractivity contribution in [2.75, 3.05) is 10.2 Å². The summed E-state index contributed by atoms with van der Waals surface area (Å²) < 4.78 is 13.5. The number of nitrogens with one attached hydrogen (secondary N) is 1. The lowest BCUT2D eigenvalue weighted by molar-refractivity contribution is -0.120. The number of hydrogen-bond donors (Lipinski definition) is 1. The Bertz CT molecular complexity index is 1450. The lowest BCUT2D eigenvalue weighted by Gasteiger charge is -2.16. The van der Waals surface area contributed by atoms with Crippen molar-refractivity contribution in [1.29, 1.82) is 0 Å². The minimum absolute atomic E-state index is 0.202. The van der Waals surface area contributed by atoms with E-state index in [1.54, 1.807) is 0 Å². The molecule has 0 fully saturated rings. The number of nitrogens with zero attached hydrogens (tertiary/aromatic N) is 1. The van der Waals surface area contributed by atoms with Crippen molar-refractivity contribution in [3.05, 3.63) is 113 Å². The van der Waals surface area contributed by atoms with Crippen LogP contribution in [0.4, 0.5) is 15.8 Å². The highest BCUT2D eigenvalue weighted by Crippen LogP contribution is 2.36. The van der Waals surface area contributed by atoms with Crippen LogP contribution in [0, 0.1) is 19.7 Å². The number of imide groups is 1. The first kappa shape index (κ1) is 20.6. The molecule has 1 aliphatic heterocycles. The van der Waals surface area contributed by atoms with Gasteiger partial charge < -0.3 is 5.32 Å². The zero-order chi connectivity index (χ0) is 23.1. The van der Waals surface area contributed by atoms with Crippen LogP contribution in [-0.2, 0) is 9.59 Å². The largest absolute Gasteiger partial charge is 0.350 e. The zero-order valence-electron chi connectivity index (χ0n) is 18.2. The number of fused-ring (bicyclic) bond motifs is 1. The summed E-state index contributed by atoms with van der Waals surface area (Å²) >= 11 is 0. The Morgan fingerprint density at radius 3 is 2.27 bits per heavy atom. The first-order valence-corrected chi connectivity index (χ1v) is 10.6. The van der Waals surface area contributed by atoms with Crippen molar-refractivity contribution in [2.45, 2.75) is 13.8 Å². The number of rotatable bonds is 4. The lowest BCUT2D eigenvalue weighted by atomic mass is 9.97. The van der Waals surface area contributed by atoms with Crippen molar-refractivity contribution in [1.82, 2.24) is 0 Å². The van der Waals surface area contributed by atoms with Crippen LogP contribution in [0.15, 0.2) is 90.6 Å². The number of anilines is 2. The minimum atomic E-state index is -0.477. The van der Waals surface area contributed by atoms with E-state index in [-0.39, 0.29) is 5.70 Å². The maximum Gasteiger partial charge on any atom is 0.282 e. The molecule has 5 heteroatoms. The molecule has 5 rings (SSSR count). The maximum atomic E-state index is 13.6. The van der Waals surface area contributed by atoms with Crippen LogP contribution >= 0.6 is 0 Å². The Hall–Kier alpha value is -4.25.